The van der Waals surface area contributed by atoms with E-state index in [0.717, 1.165) is 16.9 Å². The Morgan fingerprint density at radius 3 is 2.72 bits per heavy atom. The van der Waals surface area contributed by atoms with Crippen LogP contribution in [0.1, 0.15) is 11.5 Å². The van der Waals surface area contributed by atoms with Crippen LogP contribution < -0.4 is 4.74 Å². The van der Waals surface area contributed by atoms with Gasteiger partial charge in [-0.2, -0.15) is 4.98 Å². The number of fused-ring (bicyclic) bond motifs is 1. The van der Waals surface area contributed by atoms with Crippen molar-refractivity contribution < 1.29 is 9.15 Å². The highest BCUT2D eigenvalue weighted by Gasteiger charge is 2.06. The van der Waals surface area contributed by atoms with Crippen LogP contribution in [0.15, 0.2) is 47.0 Å². The minimum atomic E-state index is 0.653. The average Bonchev–Trinajstić information content (AvgIpc) is 2.82. The molecule has 3 rings (SSSR count). The van der Waals surface area contributed by atoms with Gasteiger partial charge in [-0.15, -0.1) is 0 Å². The summed E-state index contributed by atoms with van der Waals surface area (Å²) in [5.41, 5.74) is 2.50. The maximum Gasteiger partial charge on any atom is 0.201 e. The van der Waals surface area contributed by atoms with E-state index in [1.807, 2.05) is 36.4 Å². The summed E-state index contributed by atoms with van der Waals surface area (Å²) in [5.74, 6) is 1.52. The lowest BCUT2D eigenvalue weighted by atomic mass is 10.1. The van der Waals surface area contributed by atoms with E-state index in [2.05, 4.69) is 9.97 Å². The maximum absolute atomic E-state index is 5.62. The summed E-state index contributed by atoms with van der Waals surface area (Å²) < 4.78 is 10.7. The molecule has 0 bridgehead atoms. The third-order valence-corrected chi connectivity index (χ3v) is 2.72. The van der Waals surface area contributed by atoms with Gasteiger partial charge >= 0.3 is 0 Å². The summed E-state index contributed by atoms with van der Waals surface area (Å²) in [5, 5.41) is 0. The Kier molecular flexibility index (Phi) is 2.68. The molecule has 0 N–H and O–H groups in total. The highest BCUT2D eigenvalue weighted by atomic mass is 16.5. The molecule has 90 valence electrons. The summed E-state index contributed by atoms with van der Waals surface area (Å²) in [6.07, 6.45) is 2.36. The smallest absolute Gasteiger partial charge is 0.201 e. The molecule has 2 heterocycles. The highest BCUT2D eigenvalue weighted by Crippen LogP contribution is 2.17. The van der Waals surface area contributed by atoms with Gasteiger partial charge in [-0.3, -0.25) is 0 Å². The number of hydrogen-bond acceptors (Lipinski definition) is 4. The second-order valence-electron chi connectivity index (χ2n) is 3.96. The van der Waals surface area contributed by atoms with E-state index in [-0.39, 0.29) is 0 Å². The number of methoxy groups -OCH3 is 1. The summed E-state index contributed by atoms with van der Waals surface area (Å²) in [6, 6.07) is 11.6. The van der Waals surface area contributed by atoms with Crippen LogP contribution in [0.3, 0.4) is 0 Å². The summed E-state index contributed by atoms with van der Waals surface area (Å²) in [7, 11) is 1.65. The van der Waals surface area contributed by atoms with Crippen LogP contribution in [0.25, 0.3) is 11.2 Å². The molecule has 1 aromatic carbocycles. The Morgan fingerprint density at radius 2 is 2.00 bits per heavy atom. The number of aromatic nitrogens is 2. The van der Waals surface area contributed by atoms with Crippen molar-refractivity contribution in [2.24, 2.45) is 0 Å². The molecule has 18 heavy (non-hydrogen) atoms. The molecule has 0 amide bonds. The summed E-state index contributed by atoms with van der Waals surface area (Å²) in [4.78, 5) is 8.49. The van der Waals surface area contributed by atoms with Crippen molar-refractivity contribution >= 4 is 11.2 Å². The van der Waals surface area contributed by atoms with Gasteiger partial charge in [-0.1, -0.05) is 12.1 Å². The lowest BCUT2D eigenvalue weighted by Crippen LogP contribution is -1.89. The average molecular weight is 240 g/mol. The second-order valence-corrected chi connectivity index (χ2v) is 3.96. The number of rotatable bonds is 3. The van der Waals surface area contributed by atoms with Crippen LogP contribution in [0, 0.1) is 0 Å². The molecular weight excluding hydrogens is 228 g/mol. The first-order valence-corrected chi connectivity index (χ1v) is 5.68. The topological polar surface area (TPSA) is 48.2 Å². The first-order valence-electron chi connectivity index (χ1n) is 5.68. The molecule has 0 aliphatic carbocycles. The van der Waals surface area contributed by atoms with E-state index in [9.17, 15) is 0 Å². The quantitative estimate of drug-likeness (QED) is 0.706. The maximum atomic E-state index is 5.62. The standard InChI is InChI=1S/C14H12N2O2/c1-17-11-6-4-10(5-7-11)9-13-16-14-12(18-13)3-2-8-15-14/h2-8H,9H2,1H3. The van der Waals surface area contributed by atoms with Crippen molar-refractivity contribution in [1.29, 1.82) is 0 Å². The van der Waals surface area contributed by atoms with Gasteiger partial charge in [0, 0.05) is 12.6 Å². The highest BCUT2D eigenvalue weighted by molar-refractivity contribution is 5.66. The molecule has 0 atom stereocenters. The molecule has 0 aliphatic heterocycles. The van der Waals surface area contributed by atoms with Crippen molar-refractivity contribution in [3.8, 4) is 5.75 Å². The predicted octanol–water partition coefficient (Wildman–Crippen LogP) is 2.82. The molecule has 0 fully saturated rings. The fraction of sp³-hybridized carbons (Fsp3) is 0.143. The zero-order chi connectivity index (χ0) is 12.4. The number of ether oxygens (including phenoxy) is 1. The number of oxazole rings is 1. The summed E-state index contributed by atoms with van der Waals surface area (Å²) >= 11 is 0. The SMILES string of the molecule is COc1ccc(Cc2nc3ncccc3o2)cc1. The number of pyridine rings is 1. The fourth-order valence-corrected chi connectivity index (χ4v) is 1.81. The van der Waals surface area contributed by atoms with E-state index in [4.69, 9.17) is 9.15 Å². The number of nitrogens with zero attached hydrogens (tertiary/aromatic N) is 2. The van der Waals surface area contributed by atoms with E-state index >= 15 is 0 Å². The Bertz CT molecular complexity index is 626. The molecule has 0 spiro atoms. The van der Waals surface area contributed by atoms with Crippen LogP contribution in [0.5, 0.6) is 5.75 Å². The molecule has 0 unspecified atom stereocenters. The van der Waals surface area contributed by atoms with Gasteiger partial charge in [0.1, 0.15) is 5.75 Å². The summed E-state index contributed by atoms with van der Waals surface area (Å²) in [6.45, 7) is 0. The van der Waals surface area contributed by atoms with E-state index < -0.39 is 0 Å². The van der Waals surface area contributed by atoms with Crippen LogP contribution in [-0.2, 0) is 6.42 Å². The van der Waals surface area contributed by atoms with Crippen LogP contribution >= 0.6 is 0 Å². The van der Waals surface area contributed by atoms with Gasteiger partial charge < -0.3 is 9.15 Å². The van der Waals surface area contributed by atoms with E-state index in [1.54, 1.807) is 13.3 Å². The molecule has 0 saturated heterocycles. The van der Waals surface area contributed by atoms with Crippen molar-refractivity contribution in [3.63, 3.8) is 0 Å². The minimum Gasteiger partial charge on any atom is -0.497 e. The molecule has 4 nitrogen and oxygen atoms in total. The van der Waals surface area contributed by atoms with Crippen molar-refractivity contribution in [2.45, 2.75) is 6.42 Å². The zero-order valence-corrected chi connectivity index (χ0v) is 9.96. The predicted molar refractivity (Wildman–Crippen MR) is 67.6 cm³/mol. The Labute approximate surface area is 104 Å². The third kappa shape index (κ3) is 2.05. The largest absolute Gasteiger partial charge is 0.497 e. The lowest BCUT2D eigenvalue weighted by molar-refractivity contribution is 0.414. The molecule has 0 saturated carbocycles. The number of hydrogen-bond donors (Lipinski definition) is 0. The molecule has 2 aromatic heterocycles. The first-order chi connectivity index (χ1) is 8.85. The zero-order valence-electron chi connectivity index (χ0n) is 9.96. The first kappa shape index (κ1) is 10.8. The molecule has 3 aromatic rings. The van der Waals surface area contributed by atoms with Gasteiger partial charge in [0.05, 0.1) is 7.11 Å². The van der Waals surface area contributed by atoms with Gasteiger partial charge in [0.15, 0.2) is 11.2 Å². The van der Waals surface area contributed by atoms with E-state index in [0.29, 0.717) is 18.0 Å². The van der Waals surface area contributed by atoms with Crippen LogP contribution in [0.2, 0.25) is 0 Å². The Morgan fingerprint density at radius 1 is 1.17 bits per heavy atom. The Balaban J connectivity index is 1.86. The monoisotopic (exact) mass is 240 g/mol. The fourth-order valence-electron chi connectivity index (χ4n) is 1.81. The normalized spacial score (nSPS) is 10.7. The molecular formula is C14H12N2O2. The van der Waals surface area contributed by atoms with Crippen LogP contribution in [-0.4, -0.2) is 17.1 Å². The van der Waals surface area contributed by atoms with Gasteiger partial charge in [0.2, 0.25) is 5.89 Å². The van der Waals surface area contributed by atoms with Crippen molar-refractivity contribution in [1.82, 2.24) is 9.97 Å². The lowest BCUT2D eigenvalue weighted by Gasteiger charge is -2.00. The molecule has 0 radical (unpaired) electrons. The number of benzene rings is 1. The second kappa shape index (κ2) is 4.49. The van der Waals surface area contributed by atoms with Crippen molar-refractivity contribution in [2.75, 3.05) is 7.11 Å². The third-order valence-electron chi connectivity index (χ3n) is 2.72. The minimum absolute atomic E-state index is 0.653. The van der Waals surface area contributed by atoms with E-state index in [1.165, 1.54) is 0 Å². The van der Waals surface area contributed by atoms with Gasteiger partial charge in [0.25, 0.3) is 0 Å². The van der Waals surface area contributed by atoms with Gasteiger partial charge in [-0.25, -0.2) is 4.98 Å². The van der Waals surface area contributed by atoms with Crippen molar-refractivity contribution in [3.05, 3.63) is 54.0 Å². The Hall–Kier alpha value is -2.36. The molecule has 0 aliphatic rings. The van der Waals surface area contributed by atoms with Crippen LogP contribution in [0.4, 0.5) is 0 Å². The van der Waals surface area contributed by atoms with Gasteiger partial charge in [-0.05, 0) is 29.8 Å². The molecule has 4 heteroatoms.